The number of hydrogen-bond donors (Lipinski definition) is 1. The Labute approximate surface area is 108 Å². The number of benzene rings is 1. The van der Waals surface area contributed by atoms with Gasteiger partial charge >= 0.3 is 0 Å². The quantitative estimate of drug-likeness (QED) is 0.848. The maximum Gasteiger partial charge on any atom is 0.126 e. The molecular weight excluding hydrogens is 232 g/mol. The Morgan fingerprint density at radius 3 is 2.17 bits per heavy atom. The molecule has 1 aromatic rings. The van der Waals surface area contributed by atoms with Crippen molar-refractivity contribution in [2.75, 3.05) is 0 Å². The first kappa shape index (κ1) is 13.5. The lowest BCUT2D eigenvalue weighted by Crippen LogP contribution is -2.34. The first-order chi connectivity index (χ1) is 8.56. The summed E-state index contributed by atoms with van der Waals surface area (Å²) >= 11 is 0. The molecule has 1 fully saturated rings. The van der Waals surface area contributed by atoms with Crippen molar-refractivity contribution in [3.8, 4) is 0 Å². The molecule has 1 N–H and O–H groups in total. The second-order valence-electron chi connectivity index (χ2n) is 5.42. The zero-order valence-electron chi connectivity index (χ0n) is 11.0. The Kier molecular flexibility index (Phi) is 4.33. The van der Waals surface area contributed by atoms with E-state index in [1.54, 1.807) is 0 Å². The molecule has 1 saturated carbocycles. The number of rotatable bonds is 4. The molecule has 0 bridgehead atoms. The molecule has 18 heavy (non-hydrogen) atoms. The first-order valence-electron chi connectivity index (χ1n) is 6.78. The van der Waals surface area contributed by atoms with Crippen molar-refractivity contribution in [2.45, 2.75) is 51.6 Å². The summed E-state index contributed by atoms with van der Waals surface area (Å²) in [6, 6.07) is 4.10. The van der Waals surface area contributed by atoms with Gasteiger partial charge in [0.25, 0.3) is 0 Å². The topological polar surface area (TPSA) is 12.0 Å². The normalized spacial score (nSPS) is 20.0. The second kappa shape index (κ2) is 5.79. The van der Waals surface area contributed by atoms with Gasteiger partial charge in [-0.3, -0.25) is 0 Å². The van der Waals surface area contributed by atoms with Gasteiger partial charge in [0.05, 0.1) is 0 Å². The predicted molar refractivity (Wildman–Crippen MR) is 69.3 cm³/mol. The number of halogens is 2. The van der Waals surface area contributed by atoms with Crippen molar-refractivity contribution in [3.63, 3.8) is 0 Å². The van der Waals surface area contributed by atoms with E-state index >= 15 is 0 Å². The van der Waals surface area contributed by atoms with Crippen LogP contribution in [0.2, 0.25) is 0 Å². The average Bonchev–Trinajstić information content (AvgIpc) is 2.80. The molecule has 3 heteroatoms. The van der Waals surface area contributed by atoms with Crippen LogP contribution in [0.25, 0.3) is 0 Å². The van der Waals surface area contributed by atoms with E-state index in [4.69, 9.17) is 0 Å². The fraction of sp³-hybridized carbons (Fsp3) is 0.600. The molecule has 0 aliphatic heterocycles. The van der Waals surface area contributed by atoms with E-state index in [2.05, 4.69) is 12.2 Å². The third-order valence-corrected chi connectivity index (χ3v) is 4.00. The summed E-state index contributed by atoms with van der Waals surface area (Å²) in [5.74, 6) is -0.315. The van der Waals surface area contributed by atoms with Gasteiger partial charge in [-0.15, -0.1) is 0 Å². The molecule has 1 nitrogen and oxygen atoms in total. The maximum atomic E-state index is 13.2. The van der Waals surface area contributed by atoms with Crippen LogP contribution in [0.1, 0.15) is 51.1 Å². The van der Waals surface area contributed by atoms with Gasteiger partial charge in [-0.25, -0.2) is 8.78 Å². The van der Waals surface area contributed by atoms with Crippen LogP contribution < -0.4 is 5.32 Å². The van der Waals surface area contributed by atoms with Crippen molar-refractivity contribution < 1.29 is 8.78 Å². The fourth-order valence-electron chi connectivity index (χ4n) is 2.91. The van der Waals surface area contributed by atoms with Gasteiger partial charge in [0.1, 0.15) is 11.6 Å². The lowest BCUT2D eigenvalue weighted by molar-refractivity contribution is 0.351. The molecule has 0 aromatic heterocycles. The van der Waals surface area contributed by atoms with Gasteiger partial charge in [0.15, 0.2) is 0 Å². The van der Waals surface area contributed by atoms with Crippen LogP contribution in [-0.2, 0) is 0 Å². The molecule has 0 radical (unpaired) electrons. The molecule has 1 aliphatic rings. The molecule has 0 amide bonds. The minimum atomic E-state index is -0.507. The standard InChI is InChI=1S/C15H21F2N/c1-10(12-5-3-4-6-12)18-11(2)13-7-14(16)9-15(17)8-13/h7-12,18H,3-6H2,1-2H3. The van der Waals surface area contributed by atoms with Crippen LogP contribution in [-0.4, -0.2) is 6.04 Å². The number of hydrogen-bond acceptors (Lipinski definition) is 1. The Bertz CT molecular complexity index is 379. The average molecular weight is 253 g/mol. The van der Waals surface area contributed by atoms with Crippen LogP contribution in [0.15, 0.2) is 18.2 Å². The minimum absolute atomic E-state index is 0.0224. The summed E-state index contributed by atoms with van der Waals surface area (Å²) in [4.78, 5) is 0. The van der Waals surface area contributed by atoms with Crippen LogP contribution in [0.4, 0.5) is 8.78 Å². The minimum Gasteiger partial charge on any atom is -0.307 e. The van der Waals surface area contributed by atoms with E-state index in [0.717, 1.165) is 6.07 Å². The van der Waals surface area contributed by atoms with Gasteiger partial charge < -0.3 is 5.32 Å². The molecule has 0 saturated heterocycles. The molecular formula is C15H21F2N. The summed E-state index contributed by atoms with van der Waals surface area (Å²) in [6.07, 6.45) is 5.14. The Balaban J connectivity index is 1.99. The van der Waals surface area contributed by atoms with Crippen LogP contribution in [0.3, 0.4) is 0 Å². The molecule has 2 rings (SSSR count). The van der Waals surface area contributed by atoms with E-state index in [-0.39, 0.29) is 6.04 Å². The molecule has 1 aromatic carbocycles. The van der Waals surface area contributed by atoms with Gasteiger partial charge in [-0.05, 0) is 50.3 Å². The highest BCUT2D eigenvalue weighted by Gasteiger charge is 2.23. The SMILES string of the molecule is CC(NC(C)C1CCCC1)c1cc(F)cc(F)c1. The zero-order valence-corrected chi connectivity index (χ0v) is 11.0. The van der Waals surface area contributed by atoms with E-state index in [9.17, 15) is 8.78 Å². The summed E-state index contributed by atoms with van der Waals surface area (Å²) in [5, 5.41) is 3.46. The third-order valence-electron chi connectivity index (χ3n) is 4.00. The summed E-state index contributed by atoms with van der Waals surface area (Å²) in [7, 11) is 0. The van der Waals surface area contributed by atoms with E-state index in [0.29, 0.717) is 17.5 Å². The van der Waals surface area contributed by atoms with Crippen molar-refractivity contribution >= 4 is 0 Å². The molecule has 0 heterocycles. The smallest absolute Gasteiger partial charge is 0.126 e. The van der Waals surface area contributed by atoms with Crippen LogP contribution in [0.5, 0.6) is 0 Å². The Morgan fingerprint density at radius 1 is 1.06 bits per heavy atom. The molecule has 0 spiro atoms. The predicted octanol–water partition coefficient (Wildman–Crippen LogP) is 4.19. The van der Waals surface area contributed by atoms with Crippen molar-refractivity contribution in [1.29, 1.82) is 0 Å². The molecule has 100 valence electrons. The fourth-order valence-corrected chi connectivity index (χ4v) is 2.91. The molecule has 2 atom stereocenters. The summed E-state index contributed by atoms with van der Waals surface area (Å²) < 4.78 is 26.3. The van der Waals surface area contributed by atoms with Crippen molar-refractivity contribution in [2.24, 2.45) is 5.92 Å². The Hall–Kier alpha value is -0.960. The lowest BCUT2D eigenvalue weighted by atomic mass is 9.98. The highest BCUT2D eigenvalue weighted by atomic mass is 19.1. The second-order valence-corrected chi connectivity index (χ2v) is 5.42. The van der Waals surface area contributed by atoms with Gasteiger partial charge in [-0.1, -0.05) is 12.8 Å². The Morgan fingerprint density at radius 2 is 1.61 bits per heavy atom. The van der Waals surface area contributed by atoms with E-state index < -0.39 is 11.6 Å². The van der Waals surface area contributed by atoms with Gasteiger partial charge in [0, 0.05) is 18.2 Å². The van der Waals surface area contributed by atoms with Crippen molar-refractivity contribution in [3.05, 3.63) is 35.4 Å². The van der Waals surface area contributed by atoms with Crippen LogP contribution in [0, 0.1) is 17.6 Å². The van der Waals surface area contributed by atoms with E-state index in [1.807, 2.05) is 6.92 Å². The zero-order chi connectivity index (χ0) is 13.1. The lowest BCUT2D eigenvalue weighted by Gasteiger charge is -2.25. The van der Waals surface area contributed by atoms with Gasteiger partial charge in [0.2, 0.25) is 0 Å². The third kappa shape index (κ3) is 3.29. The summed E-state index contributed by atoms with van der Waals surface area (Å²) in [6.45, 7) is 4.13. The van der Waals surface area contributed by atoms with Crippen LogP contribution >= 0.6 is 0 Å². The maximum absolute atomic E-state index is 13.2. The van der Waals surface area contributed by atoms with E-state index in [1.165, 1.54) is 37.8 Å². The first-order valence-corrected chi connectivity index (χ1v) is 6.78. The van der Waals surface area contributed by atoms with Gasteiger partial charge in [-0.2, -0.15) is 0 Å². The van der Waals surface area contributed by atoms with Crippen molar-refractivity contribution in [1.82, 2.24) is 5.32 Å². The number of nitrogens with one attached hydrogen (secondary N) is 1. The monoisotopic (exact) mass is 253 g/mol. The highest BCUT2D eigenvalue weighted by Crippen LogP contribution is 2.29. The highest BCUT2D eigenvalue weighted by molar-refractivity contribution is 5.21. The molecule has 1 aliphatic carbocycles. The largest absolute Gasteiger partial charge is 0.307 e. The molecule has 2 unspecified atom stereocenters. The summed E-state index contributed by atoms with van der Waals surface area (Å²) in [5.41, 5.74) is 0.678.